The quantitative estimate of drug-likeness (QED) is 0.812. The van der Waals surface area contributed by atoms with E-state index in [0.717, 1.165) is 35.8 Å². The second-order valence-electron chi connectivity index (χ2n) is 8.86. The monoisotopic (exact) mass is 418 g/mol. The van der Waals surface area contributed by atoms with Crippen LogP contribution in [0.15, 0.2) is 16.7 Å². The number of likely N-dealkylation sites (tertiary alicyclic amines) is 1. The Kier molecular flexibility index (Phi) is 4.42. The van der Waals surface area contributed by atoms with Crippen molar-refractivity contribution in [2.24, 2.45) is 29.6 Å². The van der Waals surface area contributed by atoms with Gasteiger partial charge in [0.15, 0.2) is 0 Å². The second kappa shape index (κ2) is 6.77. The average Bonchev–Trinajstić information content (AvgIpc) is 3.26. The number of carbonyl (C=O) groups excluding carboxylic acids is 1. The molecular formula is C20H27BrN4O. The van der Waals surface area contributed by atoms with E-state index in [9.17, 15) is 4.79 Å². The molecule has 4 atom stereocenters. The van der Waals surface area contributed by atoms with Gasteiger partial charge in [0.2, 0.25) is 5.91 Å². The summed E-state index contributed by atoms with van der Waals surface area (Å²) < 4.78 is 0.756. The molecule has 2 heterocycles. The molecule has 0 aromatic carbocycles. The summed E-state index contributed by atoms with van der Waals surface area (Å²) in [6.07, 6.45) is 8.84. The van der Waals surface area contributed by atoms with Crippen LogP contribution >= 0.6 is 15.9 Å². The number of fused-ring (bicyclic) bond motifs is 4. The lowest BCUT2D eigenvalue weighted by Crippen LogP contribution is -2.44. The number of anilines is 1. The first-order valence-electron chi connectivity index (χ1n) is 10.2. The van der Waals surface area contributed by atoms with Gasteiger partial charge >= 0.3 is 0 Å². The first-order valence-corrected chi connectivity index (χ1v) is 11.0. The van der Waals surface area contributed by atoms with Crippen LogP contribution in [-0.4, -0.2) is 40.1 Å². The van der Waals surface area contributed by atoms with E-state index < -0.39 is 0 Å². The number of carbonyl (C=O) groups is 1. The summed E-state index contributed by atoms with van der Waals surface area (Å²) in [7, 11) is 0. The van der Waals surface area contributed by atoms with Crippen molar-refractivity contribution in [2.75, 3.05) is 18.4 Å². The van der Waals surface area contributed by atoms with E-state index in [1.165, 1.54) is 38.5 Å². The van der Waals surface area contributed by atoms with Gasteiger partial charge < -0.3 is 10.2 Å². The molecule has 5 fully saturated rings. The lowest BCUT2D eigenvalue weighted by Gasteiger charge is -2.42. The Labute approximate surface area is 163 Å². The van der Waals surface area contributed by atoms with Gasteiger partial charge in [0.25, 0.3) is 0 Å². The molecule has 1 aliphatic heterocycles. The van der Waals surface area contributed by atoms with Crippen molar-refractivity contribution in [3.8, 4) is 0 Å². The molecule has 26 heavy (non-hydrogen) atoms. The number of nitrogens with one attached hydrogen (secondary N) is 1. The zero-order valence-corrected chi connectivity index (χ0v) is 16.7. The van der Waals surface area contributed by atoms with Gasteiger partial charge in [-0.3, -0.25) is 4.79 Å². The fourth-order valence-electron chi connectivity index (χ4n) is 6.12. The number of halogens is 1. The van der Waals surface area contributed by atoms with Crippen LogP contribution in [0.25, 0.3) is 0 Å². The van der Waals surface area contributed by atoms with Gasteiger partial charge in [0, 0.05) is 31.0 Å². The number of rotatable bonds is 3. The number of hydrogen-bond donors (Lipinski definition) is 1. The Hall–Kier alpha value is -1.17. The molecule has 4 saturated carbocycles. The molecule has 1 amide bonds. The molecule has 1 aromatic heterocycles. The maximum atomic E-state index is 13.2. The highest BCUT2D eigenvalue weighted by Gasteiger charge is 2.47. The molecule has 0 spiro atoms. The van der Waals surface area contributed by atoms with Crippen molar-refractivity contribution in [1.29, 1.82) is 0 Å². The SMILES string of the molecule is O=C(C1CC2CCC1CC2)N1C[C@@H]2CC[C@@H](Nc3ccc(Br)nn3)[C@@H]2C1. The molecule has 1 aromatic rings. The van der Waals surface area contributed by atoms with Gasteiger partial charge in [0.05, 0.1) is 0 Å². The molecule has 5 aliphatic rings. The third-order valence-corrected chi connectivity index (χ3v) is 7.92. The zero-order valence-electron chi connectivity index (χ0n) is 15.1. The molecule has 4 aliphatic carbocycles. The summed E-state index contributed by atoms with van der Waals surface area (Å²) in [5, 5.41) is 11.9. The lowest BCUT2D eigenvalue weighted by atomic mass is 9.64. The van der Waals surface area contributed by atoms with Crippen LogP contribution in [-0.2, 0) is 4.79 Å². The molecule has 1 N–H and O–H groups in total. The van der Waals surface area contributed by atoms with E-state index in [1.807, 2.05) is 12.1 Å². The van der Waals surface area contributed by atoms with Crippen LogP contribution in [0.1, 0.15) is 44.9 Å². The third kappa shape index (κ3) is 3.04. The molecule has 6 rings (SSSR count). The highest BCUT2D eigenvalue weighted by atomic mass is 79.9. The van der Waals surface area contributed by atoms with Crippen LogP contribution in [0.5, 0.6) is 0 Å². The van der Waals surface area contributed by atoms with Gasteiger partial charge in [-0.2, -0.15) is 0 Å². The number of amides is 1. The third-order valence-electron chi connectivity index (χ3n) is 7.50. The topological polar surface area (TPSA) is 58.1 Å². The van der Waals surface area contributed by atoms with E-state index in [2.05, 4.69) is 36.3 Å². The largest absolute Gasteiger partial charge is 0.365 e. The number of hydrogen-bond acceptors (Lipinski definition) is 4. The van der Waals surface area contributed by atoms with Crippen LogP contribution in [0, 0.1) is 29.6 Å². The highest BCUT2D eigenvalue weighted by molar-refractivity contribution is 9.10. The molecule has 1 unspecified atom stereocenters. The second-order valence-corrected chi connectivity index (χ2v) is 9.67. The molecule has 2 bridgehead atoms. The van der Waals surface area contributed by atoms with E-state index in [1.54, 1.807) is 0 Å². The number of aromatic nitrogens is 2. The van der Waals surface area contributed by atoms with Crippen molar-refractivity contribution < 1.29 is 4.79 Å². The fraction of sp³-hybridized carbons (Fsp3) is 0.750. The molecular weight excluding hydrogens is 392 g/mol. The maximum Gasteiger partial charge on any atom is 0.225 e. The van der Waals surface area contributed by atoms with E-state index >= 15 is 0 Å². The van der Waals surface area contributed by atoms with Crippen LogP contribution in [0.2, 0.25) is 0 Å². The van der Waals surface area contributed by atoms with Crippen LogP contribution < -0.4 is 5.32 Å². The van der Waals surface area contributed by atoms with Crippen LogP contribution in [0.3, 0.4) is 0 Å². The maximum absolute atomic E-state index is 13.2. The van der Waals surface area contributed by atoms with Crippen molar-refractivity contribution in [2.45, 2.75) is 51.0 Å². The fourth-order valence-corrected chi connectivity index (χ4v) is 6.33. The molecule has 6 heteroatoms. The minimum absolute atomic E-state index is 0.324. The molecule has 0 radical (unpaired) electrons. The average molecular weight is 419 g/mol. The predicted molar refractivity (Wildman–Crippen MR) is 103 cm³/mol. The first-order chi connectivity index (χ1) is 12.7. The number of nitrogens with zero attached hydrogens (tertiary/aromatic N) is 3. The summed E-state index contributed by atoms with van der Waals surface area (Å²) in [5.74, 6) is 4.33. The predicted octanol–water partition coefficient (Wildman–Crippen LogP) is 3.71. The van der Waals surface area contributed by atoms with Crippen molar-refractivity contribution in [1.82, 2.24) is 15.1 Å². The molecule has 140 valence electrons. The summed E-state index contributed by atoms with van der Waals surface area (Å²) >= 11 is 3.33. The summed E-state index contributed by atoms with van der Waals surface area (Å²) in [6.45, 7) is 1.90. The van der Waals surface area contributed by atoms with Gasteiger partial charge in [-0.25, -0.2) is 0 Å². The highest BCUT2D eigenvalue weighted by Crippen LogP contribution is 2.47. The minimum atomic E-state index is 0.324. The molecule has 5 nitrogen and oxygen atoms in total. The normalized spacial score (nSPS) is 38.4. The smallest absolute Gasteiger partial charge is 0.225 e. The Morgan fingerprint density at radius 3 is 2.54 bits per heavy atom. The van der Waals surface area contributed by atoms with Gasteiger partial charge in [-0.05, 0) is 77.9 Å². The van der Waals surface area contributed by atoms with E-state index in [4.69, 9.17) is 0 Å². The lowest BCUT2D eigenvalue weighted by molar-refractivity contribution is -0.140. The van der Waals surface area contributed by atoms with Crippen molar-refractivity contribution in [3.63, 3.8) is 0 Å². The van der Waals surface area contributed by atoms with E-state index in [0.29, 0.717) is 35.6 Å². The van der Waals surface area contributed by atoms with Crippen LogP contribution in [0.4, 0.5) is 5.82 Å². The molecule has 1 saturated heterocycles. The summed E-state index contributed by atoms with van der Waals surface area (Å²) in [5.41, 5.74) is 0. The van der Waals surface area contributed by atoms with Gasteiger partial charge in [-0.1, -0.05) is 12.8 Å². The van der Waals surface area contributed by atoms with Gasteiger partial charge in [0.1, 0.15) is 10.4 Å². The summed E-state index contributed by atoms with van der Waals surface area (Å²) in [6, 6.07) is 4.31. The Bertz CT molecular complexity index is 673. The van der Waals surface area contributed by atoms with Gasteiger partial charge in [-0.15, -0.1) is 10.2 Å². The summed E-state index contributed by atoms with van der Waals surface area (Å²) in [4.78, 5) is 15.4. The minimum Gasteiger partial charge on any atom is -0.365 e. The first kappa shape index (κ1) is 17.0. The Morgan fingerprint density at radius 2 is 1.85 bits per heavy atom. The van der Waals surface area contributed by atoms with Crippen molar-refractivity contribution in [3.05, 3.63) is 16.7 Å². The Morgan fingerprint density at radius 1 is 1.04 bits per heavy atom. The van der Waals surface area contributed by atoms with E-state index in [-0.39, 0.29) is 0 Å². The Balaban J connectivity index is 1.23. The standard InChI is InChI=1S/C20H27BrN4O/c21-18-7-8-19(24-23-18)22-17-6-5-14-10-25(11-16(14)17)20(26)15-9-12-1-3-13(15)4-2-12/h7-8,12-17H,1-6,9-11H2,(H,22,24)/t12?,13?,14-,15?,16+,17+/m0/s1. The zero-order chi connectivity index (χ0) is 17.7. The van der Waals surface area contributed by atoms with Crippen molar-refractivity contribution >= 4 is 27.7 Å².